The number of amides is 1. The average Bonchev–Trinajstić information content (AvgIpc) is 3.18. The van der Waals surface area contributed by atoms with E-state index in [-0.39, 0.29) is 18.3 Å². The van der Waals surface area contributed by atoms with Crippen molar-refractivity contribution >= 4 is 11.9 Å². The number of furan rings is 1. The summed E-state index contributed by atoms with van der Waals surface area (Å²) in [5, 5.41) is 0. The molecule has 0 radical (unpaired) electrons. The van der Waals surface area contributed by atoms with Crippen LogP contribution < -0.4 is 9.47 Å². The standard InChI is InChI=1S/C18H19NO6/c1-2-19(17(20)12-25-18(21)15-4-3-7-22-15)11-13-5-6-14-16(10-13)24-9-8-23-14/h3-7,10H,2,8-9,11-12H2,1H3. The van der Waals surface area contributed by atoms with E-state index < -0.39 is 5.97 Å². The molecule has 3 rings (SSSR count). The molecule has 0 unspecified atom stereocenters. The van der Waals surface area contributed by atoms with Crippen LogP contribution in [0.15, 0.2) is 41.0 Å². The first-order valence-corrected chi connectivity index (χ1v) is 8.04. The highest BCUT2D eigenvalue weighted by atomic mass is 16.6. The molecule has 2 aromatic rings. The van der Waals surface area contributed by atoms with E-state index in [1.54, 1.807) is 11.0 Å². The molecule has 2 heterocycles. The Balaban J connectivity index is 1.58. The number of carbonyl (C=O) groups is 2. The molecule has 0 fully saturated rings. The van der Waals surface area contributed by atoms with Crippen molar-refractivity contribution in [3.05, 3.63) is 47.9 Å². The van der Waals surface area contributed by atoms with E-state index in [0.29, 0.717) is 37.8 Å². The van der Waals surface area contributed by atoms with Gasteiger partial charge in [-0.3, -0.25) is 4.79 Å². The van der Waals surface area contributed by atoms with Gasteiger partial charge in [0.1, 0.15) is 13.2 Å². The van der Waals surface area contributed by atoms with Gasteiger partial charge in [0.2, 0.25) is 5.76 Å². The van der Waals surface area contributed by atoms with Gasteiger partial charge in [0.25, 0.3) is 5.91 Å². The van der Waals surface area contributed by atoms with Crippen LogP contribution in [0.1, 0.15) is 23.0 Å². The van der Waals surface area contributed by atoms with Gasteiger partial charge in [-0.15, -0.1) is 0 Å². The average molecular weight is 345 g/mol. The molecule has 0 atom stereocenters. The number of hydrogen-bond donors (Lipinski definition) is 0. The molecule has 1 aliphatic heterocycles. The number of benzene rings is 1. The molecule has 0 bridgehead atoms. The summed E-state index contributed by atoms with van der Waals surface area (Å²) < 4.78 is 21.0. The van der Waals surface area contributed by atoms with Crippen LogP contribution in [-0.2, 0) is 16.1 Å². The zero-order chi connectivity index (χ0) is 17.6. The highest BCUT2D eigenvalue weighted by Crippen LogP contribution is 2.31. The molecule has 1 aromatic heterocycles. The summed E-state index contributed by atoms with van der Waals surface area (Å²) in [6, 6.07) is 8.65. The van der Waals surface area contributed by atoms with Crippen LogP contribution in [0.25, 0.3) is 0 Å². The predicted octanol–water partition coefficient (Wildman–Crippen LogP) is 2.26. The van der Waals surface area contributed by atoms with Gasteiger partial charge >= 0.3 is 5.97 Å². The minimum atomic E-state index is -0.659. The minimum absolute atomic E-state index is 0.0719. The first-order chi connectivity index (χ1) is 12.2. The molecule has 1 aromatic carbocycles. The van der Waals surface area contributed by atoms with Gasteiger partial charge in [0.05, 0.1) is 6.26 Å². The van der Waals surface area contributed by atoms with Crippen molar-refractivity contribution in [1.29, 1.82) is 0 Å². The van der Waals surface area contributed by atoms with Crippen LogP contribution in [-0.4, -0.2) is 43.1 Å². The van der Waals surface area contributed by atoms with Crippen LogP contribution in [0.2, 0.25) is 0 Å². The number of carbonyl (C=O) groups excluding carboxylic acids is 2. The summed E-state index contributed by atoms with van der Waals surface area (Å²) in [7, 11) is 0. The highest BCUT2D eigenvalue weighted by molar-refractivity contribution is 5.88. The number of nitrogens with zero attached hydrogens (tertiary/aromatic N) is 1. The number of hydrogen-bond acceptors (Lipinski definition) is 6. The maximum atomic E-state index is 12.3. The molecule has 0 spiro atoms. The van der Waals surface area contributed by atoms with Gasteiger partial charge in [-0.05, 0) is 36.8 Å². The Morgan fingerprint density at radius 2 is 1.96 bits per heavy atom. The van der Waals surface area contributed by atoms with E-state index in [4.69, 9.17) is 18.6 Å². The van der Waals surface area contributed by atoms with E-state index in [2.05, 4.69) is 0 Å². The molecule has 1 amide bonds. The molecule has 25 heavy (non-hydrogen) atoms. The molecule has 0 saturated heterocycles. The van der Waals surface area contributed by atoms with Crippen molar-refractivity contribution in [2.45, 2.75) is 13.5 Å². The van der Waals surface area contributed by atoms with Gasteiger partial charge in [-0.25, -0.2) is 4.79 Å². The first kappa shape index (κ1) is 16.9. The van der Waals surface area contributed by atoms with E-state index in [1.807, 2.05) is 25.1 Å². The lowest BCUT2D eigenvalue weighted by Gasteiger charge is -2.23. The SMILES string of the molecule is CCN(Cc1ccc2c(c1)OCCO2)C(=O)COC(=O)c1ccco1. The third-order valence-corrected chi connectivity index (χ3v) is 3.76. The van der Waals surface area contributed by atoms with Gasteiger partial charge in [0.15, 0.2) is 18.1 Å². The van der Waals surface area contributed by atoms with Crippen molar-refractivity contribution in [1.82, 2.24) is 4.90 Å². The lowest BCUT2D eigenvalue weighted by atomic mass is 10.2. The van der Waals surface area contributed by atoms with Crippen molar-refractivity contribution in [2.24, 2.45) is 0 Å². The number of fused-ring (bicyclic) bond motifs is 1. The maximum Gasteiger partial charge on any atom is 0.374 e. The van der Waals surface area contributed by atoms with Gasteiger partial charge in [-0.1, -0.05) is 6.07 Å². The largest absolute Gasteiger partial charge is 0.486 e. The van der Waals surface area contributed by atoms with Gasteiger partial charge in [0, 0.05) is 13.1 Å². The Labute approximate surface area is 145 Å². The Hall–Kier alpha value is -2.96. The minimum Gasteiger partial charge on any atom is -0.486 e. The third kappa shape index (κ3) is 4.12. The number of esters is 1. The smallest absolute Gasteiger partial charge is 0.374 e. The van der Waals surface area contributed by atoms with Crippen molar-refractivity contribution in [3.63, 3.8) is 0 Å². The number of ether oxygens (including phenoxy) is 3. The highest BCUT2D eigenvalue weighted by Gasteiger charge is 2.18. The van der Waals surface area contributed by atoms with E-state index in [0.717, 1.165) is 5.56 Å². The number of rotatable bonds is 6. The van der Waals surface area contributed by atoms with Crippen molar-refractivity contribution in [3.8, 4) is 11.5 Å². The molecule has 0 aliphatic carbocycles. The van der Waals surface area contributed by atoms with Crippen LogP contribution in [0, 0.1) is 0 Å². The van der Waals surface area contributed by atoms with Crippen LogP contribution in [0.3, 0.4) is 0 Å². The van der Waals surface area contributed by atoms with Gasteiger partial charge in [-0.2, -0.15) is 0 Å². The molecule has 7 nitrogen and oxygen atoms in total. The predicted molar refractivity (Wildman–Crippen MR) is 87.5 cm³/mol. The Morgan fingerprint density at radius 1 is 1.16 bits per heavy atom. The molecule has 0 saturated carbocycles. The fraction of sp³-hybridized carbons (Fsp3) is 0.333. The molecular formula is C18H19NO6. The Bertz CT molecular complexity index is 740. The van der Waals surface area contributed by atoms with E-state index >= 15 is 0 Å². The first-order valence-electron chi connectivity index (χ1n) is 8.04. The third-order valence-electron chi connectivity index (χ3n) is 3.76. The molecule has 132 valence electrons. The molecule has 1 aliphatic rings. The normalized spacial score (nSPS) is 12.5. The van der Waals surface area contributed by atoms with Crippen LogP contribution in [0.4, 0.5) is 0 Å². The topological polar surface area (TPSA) is 78.2 Å². The lowest BCUT2D eigenvalue weighted by Crippen LogP contribution is -2.34. The van der Waals surface area contributed by atoms with Crippen LogP contribution in [0.5, 0.6) is 11.5 Å². The summed E-state index contributed by atoms with van der Waals surface area (Å²) >= 11 is 0. The summed E-state index contributed by atoms with van der Waals surface area (Å²) in [5.41, 5.74) is 0.914. The lowest BCUT2D eigenvalue weighted by molar-refractivity contribution is -0.135. The second-order valence-corrected chi connectivity index (χ2v) is 5.44. The van der Waals surface area contributed by atoms with E-state index in [9.17, 15) is 9.59 Å². The summed E-state index contributed by atoms with van der Waals surface area (Å²) in [6.45, 7) is 3.46. The Kier molecular flexibility index (Phi) is 5.23. The summed E-state index contributed by atoms with van der Waals surface area (Å²) in [6.07, 6.45) is 1.37. The molecular weight excluding hydrogens is 326 g/mol. The summed E-state index contributed by atoms with van der Waals surface area (Å²) in [5.74, 6) is 0.516. The quantitative estimate of drug-likeness (QED) is 0.747. The number of likely N-dealkylation sites (N-methyl/N-ethyl adjacent to an activating group) is 1. The zero-order valence-electron chi connectivity index (χ0n) is 13.9. The molecule has 0 N–H and O–H groups in total. The summed E-state index contributed by atoms with van der Waals surface area (Å²) in [4.78, 5) is 25.6. The maximum absolute atomic E-state index is 12.3. The molecule has 7 heteroatoms. The van der Waals surface area contributed by atoms with Gasteiger partial charge < -0.3 is 23.5 Å². The fourth-order valence-corrected chi connectivity index (χ4v) is 2.47. The fourth-order valence-electron chi connectivity index (χ4n) is 2.47. The van der Waals surface area contributed by atoms with E-state index in [1.165, 1.54) is 12.3 Å². The van der Waals surface area contributed by atoms with Crippen molar-refractivity contribution in [2.75, 3.05) is 26.4 Å². The van der Waals surface area contributed by atoms with Crippen LogP contribution >= 0.6 is 0 Å². The second-order valence-electron chi connectivity index (χ2n) is 5.44. The zero-order valence-corrected chi connectivity index (χ0v) is 13.9. The van der Waals surface area contributed by atoms with Crippen molar-refractivity contribution < 1.29 is 28.2 Å². The monoisotopic (exact) mass is 345 g/mol. The Morgan fingerprint density at radius 3 is 2.68 bits per heavy atom. The second kappa shape index (κ2) is 7.74.